The lowest BCUT2D eigenvalue weighted by Crippen LogP contribution is -2.65. The summed E-state index contributed by atoms with van der Waals surface area (Å²) in [5.41, 5.74) is 0.668. The molecular weight excluding hydrogens is 344 g/mol. The average molecular weight is 360 g/mol. The molecule has 0 aromatic heterocycles. The van der Waals surface area contributed by atoms with Gasteiger partial charge in [-0.2, -0.15) is 0 Å². The van der Waals surface area contributed by atoms with Crippen LogP contribution < -0.4 is 10.2 Å². The Kier molecular flexibility index (Phi) is 4.12. The van der Waals surface area contributed by atoms with Gasteiger partial charge in [0.05, 0.1) is 5.69 Å². The van der Waals surface area contributed by atoms with Crippen molar-refractivity contribution in [2.24, 2.45) is 0 Å². The van der Waals surface area contributed by atoms with Gasteiger partial charge in [-0.1, -0.05) is 18.5 Å². The fraction of sp³-hybridized carbons (Fsp3) is 0.429. The van der Waals surface area contributed by atoms with Crippen molar-refractivity contribution < 1.29 is 9.59 Å². The molecule has 1 fully saturated rings. The van der Waals surface area contributed by atoms with Crippen molar-refractivity contribution in [3.8, 4) is 0 Å². The molecule has 0 saturated carbocycles. The standard InChI is InChI=1S/C14H16BrClN2O2/c1-4-14(3)13(20)18(7-12(19)17-14)11-6-10(16)8(2)5-9(11)15/h5-6H,4,7H2,1-3H3,(H,17,19). The molecule has 0 radical (unpaired) electrons. The Bertz CT molecular complexity index is 591. The maximum atomic E-state index is 12.6. The maximum Gasteiger partial charge on any atom is 0.252 e. The highest BCUT2D eigenvalue weighted by Crippen LogP contribution is 2.34. The van der Waals surface area contributed by atoms with Crippen LogP contribution in [0.2, 0.25) is 5.02 Å². The molecule has 2 rings (SSSR count). The molecule has 20 heavy (non-hydrogen) atoms. The number of piperazine rings is 1. The third kappa shape index (κ3) is 2.56. The smallest absolute Gasteiger partial charge is 0.252 e. The van der Waals surface area contributed by atoms with E-state index in [0.29, 0.717) is 17.1 Å². The highest BCUT2D eigenvalue weighted by atomic mass is 79.9. The molecule has 2 amide bonds. The van der Waals surface area contributed by atoms with Crippen molar-refractivity contribution in [1.82, 2.24) is 5.32 Å². The number of halogens is 2. The average Bonchev–Trinajstić information content (AvgIpc) is 2.38. The van der Waals surface area contributed by atoms with E-state index in [0.717, 1.165) is 10.0 Å². The number of nitrogens with zero attached hydrogens (tertiary/aromatic N) is 1. The Morgan fingerprint density at radius 1 is 1.45 bits per heavy atom. The number of rotatable bonds is 2. The number of carbonyl (C=O) groups is 2. The van der Waals surface area contributed by atoms with Crippen LogP contribution in [-0.2, 0) is 9.59 Å². The molecule has 0 bridgehead atoms. The zero-order chi connectivity index (χ0) is 15.1. The van der Waals surface area contributed by atoms with E-state index >= 15 is 0 Å². The zero-order valence-corrected chi connectivity index (χ0v) is 13.9. The molecule has 1 aromatic rings. The van der Waals surface area contributed by atoms with E-state index in [9.17, 15) is 9.59 Å². The molecule has 1 heterocycles. The van der Waals surface area contributed by atoms with Crippen LogP contribution in [0.15, 0.2) is 16.6 Å². The summed E-state index contributed by atoms with van der Waals surface area (Å²) in [5, 5.41) is 3.33. The fourth-order valence-corrected chi connectivity index (χ4v) is 3.02. The molecule has 108 valence electrons. The summed E-state index contributed by atoms with van der Waals surface area (Å²) >= 11 is 9.57. The minimum Gasteiger partial charge on any atom is -0.340 e. The van der Waals surface area contributed by atoms with Gasteiger partial charge in [-0.05, 0) is 53.9 Å². The Morgan fingerprint density at radius 2 is 2.10 bits per heavy atom. The highest BCUT2D eigenvalue weighted by Gasteiger charge is 2.42. The number of hydrogen-bond donors (Lipinski definition) is 1. The summed E-state index contributed by atoms with van der Waals surface area (Å²) in [6, 6.07) is 3.56. The molecule has 0 aliphatic carbocycles. The van der Waals surface area contributed by atoms with Gasteiger partial charge >= 0.3 is 0 Å². The van der Waals surface area contributed by atoms with Crippen LogP contribution in [0, 0.1) is 6.92 Å². The number of carbonyl (C=O) groups excluding carboxylic acids is 2. The Morgan fingerprint density at radius 3 is 2.70 bits per heavy atom. The molecule has 1 unspecified atom stereocenters. The van der Waals surface area contributed by atoms with E-state index in [2.05, 4.69) is 21.2 Å². The van der Waals surface area contributed by atoms with Crippen LogP contribution in [0.3, 0.4) is 0 Å². The number of benzene rings is 1. The second kappa shape index (κ2) is 5.37. The highest BCUT2D eigenvalue weighted by molar-refractivity contribution is 9.10. The van der Waals surface area contributed by atoms with E-state index in [4.69, 9.17) is 11.6 Å². The Labute approximate surface area is 131 Å². The van der Waals surface area contributed by atoms with E-state index in [1.54, 1.807) is 13.0 Å². The molecule has 1 aromatic carbocycles. The second-order valence-corrected chi connectivity index (χ2v) is 6.44. The fourth-order valence-electron chi connectivity index (χ4n) is 2.19. The van der Waals surface area contributed by atoms with Gasteiger partial charge in [-0.15, -0.1) is 0 Å². The van der Waals surface area contributed by atoms with Crippen molar-refractivity contribution in [3.63, 3.8) is 0 Å². The summed E-state index contributed by atoms with van der Waals surface area (Å²) in [5.74, 6) is -0.294. The third-order valence-electron chi connectivity index (χ3n) is 3.66. The molecule has 1 aliphatic heterocycles. The first kappa shape index (κ1) is 15.3. The van der Waals surface area contributed by atoms with Crippen molar-refractivity contribution in [1.29, 1.82) is 0 Å². The van der Waals surface area contributed by atoms with E-state index in [-0.39, 0.29) is 18.4 Å². The summed E-state index contributed by atoms with van der Waals surface area (Å²) in [6.45, 7) is 5.51. The van der Waals surface area contributed by atoms with Crippen LogP contribution in [0.4, 0.5) is 5.69 Å². The van der Waals surface area contributed by atoms with Crippen molar-refractivity contribution in [2.45, 2.75) is 32.7 Å². The lowest BCUT2D eigenvalue weighted by Gasteiger charge is -2.39. The number of anilines is 1. The first-order valence-electron chi connectivity index (χ1n) is 6.37. The van der Waals surface area contributed by atoms with E-state index in [1.165, 1.54) is 4.90 Å². The predicted octanol–water partition coefficient (Wildman–Crippen LogP) is 3.04. The lowest BCUT2D eigenvalue weighted by molar-refractivity contribution is -0.135. The monoisotopic (exact) mass is 358 g/mol. The van der Waals surface area contributed by atoms with Gasteiger partial charge in [0.1, 0.15) is 12.1 Å². The quantitative estimate of drug-likeness (QED) is 0.882. The normalized spacial score (nSPS) is 22.9. The van der Waals surface area contributed by atoms with Gasteiger partial charge in [0.2, 0.25) is 5.91 Å². The van der Waals surface area contributed by atoms with Crippen molar-refractivity contribution in [3.05, 3.63) is 27.2 Å². The van der Waals surface area contributed by atoms with Gasteiger partial charge < -0.3 is 5.32 Å². The predicted molar refractivity (Wildman–Crippen MR) is 83.1 cm³/mol. The molecule has 1 atom stereocenters. The van der Waals surface area contributed by atoms with Crippen LogP contribution in [-0.4, -0.2) is 23.9 Å². The van der Waals surface area contributed by atoms with Gasteiger partial charge in [0.25, 0.3) is 5.91 Å². The molecule has 6 heteroatoms. The third-order valence-corrected chi connectivity index (χ3v) is 4.70. The second-order valence-electron chi connectivity index (χ2n) is 5.18. The largest absolute Gasteiger partial charge is 0.340 e. The summed E-state index contributed by atoms with van der Waals surface area (Å²) in [4.78, 5) is 26.0. The van der Waals surface area contributed by atoms with Gasteiger partial charge in [-0.25, -0.2) is 0 Å². The minimum absolute atomic E-state index is 0.00636. The molecular formula is C14H16BrClN2O2. The van der Waals surface area contributed by atoms with E-state index < -0.39 is 5.54 Å². The number of amides is 2. The molecule has 0 spiro atoms. The number of nitrogens with one attached hydrogen (secondary N) is 1. The lowest BCUT2D eigenvalue weighted by atomic mass is 9.94. The van der Waals surface area contributed by atoms with Crippen LogP contribution in [0.5, 0.6) is 0 Å². The summed E-state index contributed by atoms with van der Waals surface area (Å²) in [6.07, 6.45) is 0.533. The van der Waals surface area contributed by atoms with Crippen molar-refractivity contribution >= 4 is 45.0 Å². The van der Waals surface area contributed by atoms with Gasteiger partial charge in [-0.3, -0.25) is 14.5 Å². The number of hydrogen-bond acceptors (Lipinski definition) is 2. The first-order chi connectivity index (χ1) is 9.28. The van der Waals surface area contributed by atoms with Gasteiger partial charge in [0, 0.05) is 9.50 Å². The van der Waals surface area contributed by atoms with Gasteiger partial charge in [0.15, 0.2) is 0 Å². The number of aryl methyl sites for hydroxylation is 1. The Balaban J connectivity index is 2.49. The summed E-state index contributed by atoms with van der Waals surface area (Å²) in [7, 11) is 0. The van der Waals surface area contributed by atoms with Crippen LogP contribution in [0.25, 0.3) is 0 Å². The van der Waals surface area contributed by atoms with Crippen LogP contribution >= 0.6 is 27.5 Å². The SMILES string of the molecule is CCC1(C)NC(=O)CN(c2cc(Cl)c(C)cc2Br)C1=O. The minimum atomic E-state index is -0.869. The molecule has 4 nitrogen and oxygen atoms in total. The Hall–Kier alpha value is -1.07. The van der Waals surface area contributed by atoms with Crippen molar-refractivity contribution in [2.75, 3.05) is 11.4 Å². The zero-order valence-electron chi connectivity index (χ0n) is 11.6. The van der Waals surface area contributed by atoms with E-state index in [1.807, 2.05) is 19.9 Å². The first-order valence-corrected chi connectivity index (χ1v) is 7.54. The maximum absolute atomic E-state index is 12.6. The molecule has 1 N–H and O–H groups in total. The molecule has 1 saturated heterocycles. The molecule has 1 aliphatic rings. The summed E-state index contributed by atoms with van der Waals surface area (Å²) < 4.78 is 0.751. The van der Waals surface area contributed by atoms with Crippen LogP contribution in [0.1, 0.15) is 25.8 Å². The topological polar surface area (TPSA) is 49.4 Å².